The van der Waals surface area contributed by atoms with Crippen molar-refractivity contribution in [2.75, 3.05) is 19.4 Å². The topological polar surface area (TPSA) is 83.8 Å². The van der Waals surface area contributed by atoms with Gasteiger partial charge in [-0.05, 0) is 12.1 Å². The Hall–Kier alpha value is -1.45. The molecule has 0 aromatic heterocycles. The fraction of sp³-hybridized carbons (Fsp3) is 0.364. The van der Waals surface area contributed by atoms with Gasteiger partial charge >= 0.3 is 13.8 Å². The molecular weight excluding hydrogens is 243 g/mol. The van der Waals surface area contributed by atoms with Gasteiger partial charge in [-0.3, -0.25) is 4.79 Å². The lowest BCUT2D eigenvalue weighted by molar-refractivity contribution is -0.144. The molecule has 0 saturated carbocycles. The molecule has 1 aromatic carbocycles. The summed E-state index contributed by atoms with van der Waals surface area (Å²) in [6.07, 6.45) is 0.202. The first kappa shape index (κ1) is 13.6. The number of benzene rings is 1. The summed E-state index contributed by atoms with van der Waals surface area (Å²) in [5, 5.41) is 18.2. The van der Waals surface area contributed by atoms with Crippen LogP contribution in [0.1, 0.15) is 6.42 Å². The summed E-state index contributed by atoms with van der Waals surface area (Å²) < 4.78 is 16.4. The average Bonchev–Trinajstić information content (AvgIpc) is 2.33. The zero-order chi connectivity index (χ0) is 12.7. The van der Waals surface area contributed by atoms with Crippen molar-refractivity contribution in [1.29, 1.82) is 0 Å². The molecule has 0 amide bonds. The highest BCUT2D eigenvalue weighted by atomic mass is 31.1. The summed E-state index contributed by atoms with van der Waals surface area (Å²) in [7, 11) is -1.71. The van der Waals surface area contributed by atoms with E-state index in [-0.39, 0.29) is 31.5 Å². The summed E-state index contributed by atoms with van der Waals surface area (Å²) in [4.78, 5) is 11.1. The number of rotatable bonds is 6. The molecule has 0 fully saturated rings. The highest BCUT2D eigenvalue weighted by Crippen LogP contribution is 2.22. The second-order valence-corrected chi connectivity index (χ2v) is 5.04. The Morgan fingerprint density at radius 3 is 2.82 bits per heavy atom. The third-order valence-corrected chi connectivity index (χ3v) is 3.48. The normalized spacial score (nSPS) is 11.0. The van der Waals surface area contributed by atoms with Gasteiger partial charge in [0.25, 0.3) is 0 Å². The second kappa shape index (κ2) is 6.99. The van der Waals surface area contributed by atoms with Crippen LogP contribution in [0.5, 0.6) is 5.75 Å². The van der Waals surface area contributed by atoms with Crippen molar-refractivity contribution in [3.63, 3.8) is 0 Å². The Balaban J connectivity index is 2.42. The number of esters is 1. The van der Waals surface area contributed by atoms with Gasteiger partial charge in [0.15, 0.2) is 11.5 Å². The third kappa shape index (κ3) is 4.93. The summed E-state index contributed by atoms with van der Waals surface area (Å²) in [5.41, 5.74) is 0. The van der Waals surface area contributed by atoms with Gasteiger partial charge in [0.05, 0.1) is 13.0 Å². The molecule has 0 saturated heterocycles. The number of aromatic hydroxyl groups is 1. The zero-order valence-electron chi connectivity index (χ0n) is 9.20. The molecule has 0 bridgehead atoms. The van der Waals surface area contributed by atoms with Crippen LogP contribution in [0.25, 0.3) is 0 Å². The van der Waals surface area contributed by atoms with Crippen LogP contribution < -0.4 is 5.30 Å². The minimum atomic E-state index is -1.71. The molecule has 0 heterocycles. The molecular formula is C11H14O5P+. The van der Waals surface area contributed by atoms with Crippen LogP contribution in [0.15, 0.2) is 24.3 Å². The summed E-state index contributed by atoms with van der Waals surface area (Å²) in [5.74, 6) is -0.434. The molecule has 1 unspecified atom stereocenters. The second-order valence-electron chi connectivity index (χ2n) is 3.32. The fourth-order valence-electron chi connectivity index (χ4n) is 1.20. The van der Waals surface area contributed by atoms with Crippen molar-refractivity contribution in [1.82, 2.24) is 0 Å². The van der Waals surface area contributed by atoms with E-state index in [0.29, 0.717) is 5.30 Å². The molecule has 6 heteroatoms. The van der Waals surface area contributed by atoms with Gasteiger partial charge in [-0.25, -0.2) is 0 Å². The average molecular weight is 257 g/mol. The molecule has 0 aliphatic rings. The maximum absolute atomic E-state index is 11.8. The molecule has 17 heavy (non-hydrogen) atoms. The van der Waals surface area contributed by atoms with Crippen LogP contribution in [-0.4, -0.2) is 35.6 Å². The Labute approximate surface area is 99.8 Å². The molecule has 0 aliphatic carbocycles. The number of hydrogen-bond acceptors (Lipinski definition) is 5. The zero-order valence-corrected chi connectivity index (χ0v) is 10.1. The van der Waals surface area contributed by atoms with E-state index in [4.69, 9.17) is 5.11 Å². The highest BCUT2D eigenvalue weighted by Gasteiger charge is 2.21. The Morgan fingerprint density at radius 2 is 2.18 bits per heavy atom. The number of phenolic OH excluding ortho intramolecular Hbond substituents is 1. The van der Waals surface area contributed by atoms with Gasteiger partial charge in [-0.1, -0.05) is 10.6 Å². The molecule has 2 N–H and O–H groups in total. The van der Waals surface area contributed by atoms with Gasteiger partial charge in [-0.15, -0.1) is 0 Å². The van der Waals surface area contributed by atoms with Crippen molar-refractivity contribution in [3.8, 4) is 5.75 Å². The third-order valence-electron chi connectivity index (χ3n) is 1.99. The van der Waals surface area contributed by atoms with E-state index in [0.717, 1.165) is 0 Å². The Morgan fingerprint density at radius 1 is 1.41 bits per heavy atom. The predicted molar refractivity (Wildman–Crippen MR) is 62.9 cm³/mol. The van der Waals surface area contributed by atoms with Crippen LogP contribution in [0.4, 0.5) is 0 Å². The maximum atomic E-state index is 11.8. The van der Waals surface area contributed by atoms with Crippen molar-refractivity contribution >= 4 is 19.1 Å². The minimum Gasteiger partial charge on any atom is -0.508 e. The van der Waals surface area contributed by atoms with Crippen molar-refractivity contribution in [2.45, 2.75) is 6.42 Å². The monoisotopic (exact) mass is 257 g/mol. The molecule has 5 nitrogen and oxygen atoms in total. The van der Waals surface area contributed by atoms with Crippen LogP contribution in [-0.2, 0) is 14.1 Å². The first-order valence-electron chi connectivity index (χ1n) is 5.13. The molecule has 0 aliphatic heterocycles. The van der Waals surface area contributed by atoms with Gasteiger partial charge in [-0.2, -0.15) is 0 Å². The minimum absolute atomic E-state index is 0.0326. The van der Waals surface area contributed by atoms with Crippen LogP contribution in [0.3, 0.4) is 0 Å². The van der Waals surface area contributed by atoms with Gasteiger partial charge in [0.2, 0.25) is 0 Å². The van der Waals surface area contributed by atoms with E-state index in [9.17, 15) is 14.5 Å². The van der Waals surface area contributed by atoms with Gasteiger partial charge < -0.3 is 14.9 Å². The van der Waals surface area contributed by atoms with Crippen LogP contribution in [0, 0.1) is 0 Å². The first-order valence-corrected chi connectivity index (χ1v) is 6.58. The number of phenols is 1. The van der Waals surface area contributed by atoms with E-state index in [1.54, 1.807) is 12.1 Å². The summed E-state index contributed by atoms with van der Waals surface area (Å²) >= 11 is 0. The number of hydrogen-bond donors (Lipinski definition) is 2. The first-order chi connectivity index (χ1) is 8.13. The molecule has 1 rings (SSSR count). The van der Waals surface area contributed by atoms with Crippen molar-refractivity contribution in [3.05, 3.63) is 24.3 Å². The summed E-state index contributed by atoms with van der Waals surface area (Å²) in [6, 6.07) is 6.14. The van der Waals surface area contributed by atoms with E-state index in [2.05, 4.69) is 4.74 Å². The van der Waals surface area contributed by atoms with Gasteiger partial charge in [0, 0.05) is 6.07 Å². The molecule has 1 atom stereocenters. The highest BCUT2D eigenvalue weighted by molar-refractivity contribution is 7.53. The Bertz CT molecular complexity index is 405. The predicted octanol–water partition coefficient (Wildman–Crippen LogP) is 0.770. The number of aliphatic hydroxyl groups excluding tert-OH is 1. The number of aliphatic hydroxyl groups is 1. The Kier molecular flexibility index (Phi) is 5.60. The molecule has 0 spiro atoms. The molecule has 0 radical (unpaired) electrons. The molecule has 92 valence electrons. The van der Waals surface area contributed by atoms with E-state index in [1.807, 2.05) is 0 Å². The number of carbonyl (C=O) groups excluding carboxylic acids is 1. The maximum Gasteiger partial charge on any atom is 0.377 e. The fourth-order valence-corrected chi connectivity index (χ4v) is 2.37. The quantitative estimate of drug-likeness (QED) is 0.581. The standard InChI is InChI=1S/C11H13O5P/c12-5-6-16-11(14)4-7-17(15)10-3-1-2-9(13)8-10/h1-3,8,12H,4-7H2/p+1. The van der Waals surface area contributed by atoms with Crippen LogP contribution >= 0.6 is 7.80 Å². The largest absolute Gasteiger partial charge is 0.508 e. The lowest BCUT2D eigenvalue weighted by Gasteiger charge is -1.98. The van der Waals surface area contributed by atoms with Gasteiger partial charge in [0.1, 0.15) is 12.4 Å². The van der Waals surface area contributed by atoms with Crippen molar-refractivity contribution < 1.29 is 24.3 Å². The van der Waals surface area contributed by atoms with Crippen LogP contribution in [0.2, 0.25) is 0 Å². The lowest BCUT2D eigenvalue weighted by Crippen LogP contribution is -2.10. The molecule has 1 aromatic rings. The van der Waals surface area contributed by atoms with E-state index >= 15 is 0 Å². The summed E-state index contributed by atoms with van der Waals surface area (Å²) in [6.45, 7) is -0.258. The number of ether oxygens (including phenoxy) is 1. The van der Waals surface area contributed by atoms with E-state index < -0.39 is 13.8 Å². The smallest absolute Gasteiger partial charge is 0.377 e. The van der Waals surface area contributed by atoms with Crippen molar-refractivity contribution in [2.24, 2.45) is 0 Å². The van der Waals surface area contributed by atoms with E-state index in [1.165, 1.54) is 12.1 Å². The SMILES string of the molecule is O=C(CC[P+](=O)c1cccc(O)c1)OCCO. The lowest BCUT2D eigenvalue weighted by atomic mass is 10.3. The number of carbonyl (C=O) groups is 1.